The van der Waals surface area contributed by atoms with E-state index in [1.54, 1.807) is 6.07 Å². The monoisotopic (exact) mass is 404 g/mol. The number of amides is 1. The number of rotatable bonds is 6. The third-order valence-electron chi connectivity index (χ3n) is 5.13. The van der Waals surface area contributed by atoms with Gasteiger partial charge in [-0.1, -0.05) is 42.5 Å². The molecule has 0 bridgehead atoms. The Labute approximate surface area is 174 Å². The van der Waals surface area contributed by atoms with Crippen molar-refractivity contribution in [2.45, 2.75) is 25.4 Å². The molecule has 4 rings (SSSR count). The van der Waals surface area contributed by atoms with E-state index in [4.69, 9.17) is 4.74 Å². The van der Waals surface area contributed by atoms with Gasteiger partial charge in [0.15, 0.2) is 0 Å². The molecule has 3 aromatic carbocycles. The Hall–Kier alpha value is -3.42. The Bertz CT molecular complexity index is 1070. The average Bonchev–Trinajstić information content (AvgIpc) is 3.26. The number of nitrogens with zero attached hydrogens (tertiary/aromatic N) is 1. The van der Waals surface area contributed by atoms with E-state index in [2.05, 4.69) is 21.4 Å². The summed E-state index contributed by atoms with van der Waals surface area (Å²) in [6, 6.07) is 18.6. The van der Waals surface area contributed by atoms with Gasteiger partial charge in [0.05, 0.1) is 12.8 Å². The molecule has 30 heavy (non-hydrogen) atoms. The molecule has 0 aromatic heterocycles. The maximum atomic E-state index is 12.5. The molecule has 0 spiro atoms. The van der Waals surface area contributed by atoms with Crippen molar-refractivity contribution in [2.24, 2.45) is 5.10 Å². The number of hydrogen-bond donors (Lipinski definition) is 4. The Morgan fingerprint density at radius 1 is 1.17 bits per heavy atom. The fourth-order valence-corrected chi connectivity index (χ4v) is 3.57. The van der Waals surface area contributed by atoms with Crippen LogP contribution in [0.1, 0.15) is 30.5 Å². The van der Waals surface area contributed by atoms with Crippen LogP contribution < -0.4 is 21.0 Å². The van der Waals surface area contributed by atoms with Crippen LogP contribution in [0.25, 0.3) is 10.8 Å². The SMILES string of the molecule is CCOc1ccc(C2CC(C(=O)N/N=C/c3c(O)ccc4ccccc34)NN2)cc1. The van der Waals surface area contributed by atoms with Crippen molar-refractivity contribution < 1.29 is 14.6 Å². The third kappa shape index (κ3) is 4.27. The highest BCUT2D eigenvalue weighted by molar-refractivity contribution is 6.02. The molecule has 1 fully saturated rings. The molecule has 1 amide bonds. The van der Waals surface area contributed by atoms with Gasteiger partial charge in [-0.15, -0.1) is 0 Å². The van der Waals surface area contributed by atoms with Crippen LogP contribution in [0.4, 0.5) is 0 Å². The number of nitrogens with one attached hydrogen (secondary N) is 3. The summed E-state index contributed by atoms with van der Waals surface area (Å²) in [5.74, 6) is 0.697. The van der Waals surface area contributed by atoms with Crippen LogP contribution in [0.2, 0.25) is 0 Å². The van der Waals surface area contributed by atoms with Crippen LogP contribution in [0.15, 0.2) is 65.8 Å². The quantitative estimate of drug-likeness (QED) is 0.374. The Morgan fingerprint density at radius 2 is 1.97 bits per heavy atom. The zero-order chi connectivity index (χ0) is 20.9. The highest BCUT2D eigenvalue weighted by atomic mass is 16.5. The number of aromatic hydroxyl groups is 1. The predicted molar refractivity (Wildman–Crippen MR) is 116 cm³/mol. The van der Waals surface area contributed by atoms with Crippen molar-refractivity contribution in [1.82, 2.24) is 16.3 Å². The van der Waals surface area contributed by atoms with Crippen LogP contribution in [0, 0.1) is 0 Å². The summed E-state index contributed by atoms with van der Waals surface area (Å²) in [5, 5.41) is 16.1. The molecule has 2 unspecified atom stereocenters. The first-order chi connectivity index (χ1) is 14.7. The summed E-state index contributed by atoms with van der Waals surface area (Å²) >= 11 is 0. The minimum atomic E-state index is -0.417. The van der Waals surface area contributed by atoms with Gasteiger partial charge in [-0.05, 0) is 47.9 Å². The molecule has 4 N–H and O–H groups in total. The van der Waals surface area contributed by atoms with Crippen LogP contribution in [-0.4, -0.2) is 29.9 Å². The number of benzene rings is 3. The van der Waals surface area contributed by atoms with Gasteiger partial charge in [0.1, 0.15) is 17.5 Å². The molecule has 154 valence electrons. The van der Waals surface area contributed by atoms with Gasteiger partial charge in [0.2, 0.25) is 0 Å². The van der Waals surface area contributed by atoms with Crippen molar-refractivity contribution in [2.75, 3.05) is 6.61 Å². The third-order valence-corrected chi connectivity index (χ3v) is 5.13. The lowest BCUT2D eigenvalue weighted by Crippen LogP contribution is -2.41. The first kappa shape index (κ1) is 19.9. The second-order valence-corrected chi connectivity index (χ2v) is 7.09. The van der Waals surface area contributed by atoms with E-state index >= 15 is 0 Å². The summed E-state index contributed by atoms with van der Waals surface area (Å²) in [5.41, 5.74) is 10.4. The van der Waals surface area contributed by atoms with E-state index in [1.165, 1.54) is 6.21 Å². The van der Waals surface area contributed by atoms with E-state index in [9.17, 15) is 9.90 Å². The fourth-order valence-electron chi connectivity index (χ4n) is 3.57. The number of carbonyl (C=O) groups excluding carboxylic acids is 1. The molecule has 7 nitrogen and oxygen atoms in total. The lowest BCUT2D eigenvalue weighted by atomic mass is 10.0. The molecule has 1 heterocycles. The smallest absolute Gasteiger partial charge is 0.258 e. The van der Waals surface area contributed by atoms with E-state index in [0.29, 0.717) is 18.6 Å². The van der Waals surface area contributed by atoms with E-state index in [0.717, 1.165) is 22.1 Å². The van der Waals surface area contributed by atoms with Crippen LogP contribution in [-0.2, 0) is 4.79 Å². The largest absolute Gasteiger partial charge is 0.507 e. The molecule has 1 saturated heterocycles. The van der Waals surface area contributed by atoms with Gasteiger partial charge < -0.3 is 9.84 Å². The number of fused-ring (bicyclic) bond motifs is 1. The minimum Gasteiger partial charge on any atom is -0.507 e. The Morgan fingerprint density at radius 3 is 2.77 bits per heavy atom. The van der Waals surface area contributed by atoms with Gasteiger partial charge in [0, 0.05) is 11.6 Å². The van der Waals surface area contributed by atoms with E-state index < -0.39 is 6.04 Å². The van der Waals surface area contributed by atoms with Gasteiger partial charge in [-0.2, -0.15) is 5.10 Å². The van der Waals surface area contributed by atoms with Crippen molar-refractivity contribution in [1.29, 1.82) is 0 Å². The van der Waals surface area contributed by atoms with Crippen LogP contribution in [0.3, 0.4) is 0 Å². The zero-order valence-corrected chi connectivity index (χ0v) is 16.6. The molecular weight excluding hydrogens is 380 g/mol. The van der Waals surface area contributed by atoms with Gasteiger partial charge in [-0.3, -0.25) is 4.79 Å². The van der Waals surface area contributed by atoms with Crippen molar-refractivity contribution >= 4 is 22.9 Å². The Balaban J connectivity index is 1.38. The molecule has 0 aliphatic carbocycles. The molecule has 0 saturated carbocycles. The topological polar surface area (TPSA) is 95.0 Å². The van der Waals surface area contributed by atoms with E-state index in [1.807, 2.05) is 61.5 Å². The lowest BCUT2D eigenvalue weighted by molar-refractivity contribution is -0.122. The number of phenolic OH excluding ortho intramolecular Hbond substituents is 1. The summed E-state index contributed by atoms with van der Waals surface area (Å²) in [4.78, 5) is 12.5. The molecular formula is C23H24N4O3. The molecule has 1 aliphatic heterocycles. The number of ether oxygens (including phenoxy) is 1. The maximum Gasteiger partial charge on any atom is 0.258 e. The van der Waals surface area contributed by atoms with Crippen molar-refractivity contribution in [3.8, 4) is 11.5 Å². The average molecular weight is 404 g/mol. The first-order valence-corrected chi connectivity index (χ1v) is 9.93. The minimum absolute atomic E-state index is 0.0162. The number of hydrazone groups is 1. The number of carbonyl (C=O) groups is 1. The number of hydrogen-bond acceptors (Lipinski definition) is 6. The second-order valence-electron chi connectivity index (χ2n) is 7.09. The van der Waals surface area contributed by atoms with Crippen LogP contribution >= 0.6 is 0 Å². The summed E-state index contributed by atoms with van der Waals surface area (Å²) in [7, 11) is 0. The molecule has 2 atom stereocenters. The molecule has 0 radical (unpaired) electrons. The molecule has 1 aliphatic rings. The van der Waals surface area contributed by atoms with Gasteiger partial charge in [-0.25, -0.2) is 16.3 Å². The molecule has 7 heteroatoms. The Kier molecular flexibility index (Phi) is 5.92. The summed E-state index contributed by atoms with van der Waals surface area (Å²) < 4.78 is 5.46. The molecule has 3 aromatic rings. The summed E-state index contributed by atoms with van der Waals surface area (Å²) in [6.45, 7) is 2.57. The van der Waals surface area contributed by atoms with Crippen LogP contribution in [0.5, 0.6) is 11.5 Å². The summed E-state index contributed by atoms with van der Waals surface area (Å²) in [6.07, 6.45) is 2.07. The van der Waals surface area contributed by atoms with Crippen molar-refractivity contribution in [3.05, 3.63) is 71.8 Å². The standard InChI is InChI=1S/C23H24N4O3/c1-2-30-17-10-7-16(8-11-17)20-13-21(26-25-20)23(29)27-24-14-19-18-6-4-3-5-15(18)9-12-22(19)28/h3-12,14,20-21,25-26,28H,2,13H2,1H3,(H,27,29)/b24-14+. The number of hydrazine groups is 1. The van der Waals surface area contributed by atoms with Gasteiger partial charge >= 0.3 is 0 Å². The maximum absolute atomic E-state index is 12.5. The van der Waals surface area contributed by atoms with Gasteiger partial charge in [0.25, 0.3) is 5.91 Å². The van der Waals surface area contributed by atoms with Crippen molar-refractivity contribution in [3.63, 3.8) is 0 Å². The highest BCUT2D eigenvalue weighted by Gasteiger charge is 2.30. The highest BCUT2D eigenvalue weighted by Crippen LogP contribution is 2.26. The van der Waals surface area contributed by atoms with E-state index in [-0.39, 0.29) is 17.7 Å². The zero-order valence-electron chi connectivity index (χ0n) is 16.6. The predicted octanol–water partition coefficient (Wildman–Crippen LogP) is 3.00. The fraction of sp³-hybridized carbons (Fsp3) is 0.217. The first-order valence-electron chi connectivity index (χ1n) is 9.93. The lowest BCUT2D eigenvalue weighted by Gasteiger charge is -2.10. The number of phenols is 1. The second kappa shape index (κ2) is 8.94. The normalized spacial score (nSPS) is 18.7.